The molecule has 180 valence electrons. The molecular weight excluding hydrogens is 506 g/mol. The third-order valence-electron chi connectivity index (χ3n) is 5.31. The molecule has 0 spiro atoms. The maximum absolute atomic E-state index is 13.1. The third kappa shape index (κ3) is 5.45. The zero-order valence-electron chi connectivity index (χ0n) is 18.3. The Morgan fingerprint density at radius 1 is 0.714 bits per heavy atom. The van der Waals surface area contributed by atoms with Gasteiger partial charge >= 0.3 is 5.97 Å². The van der Waals surface area contributed by atoms with E-state index >= 15 is 0 Å². The predicted octanol–water partition coefficient (Wildman–Crippen LogP) is 4.87. The monoisotopic (exact) mass is 527 g/mol. The van der Waals surface area contributed by atoms with Crippen LogP contribution < -0.4 is 4.72 Å². The summed E-state index contributed by atoms with van der Waals surface area (Å²) in [6, 6.07) is 23.9. The highest BCUT2D eigenvalue weighted by Crippen LogP contribution is 2.32. The summed E-state index contributed by atoms with van der Waals surface area (Å²) < 4.78 is 54.2. The first-order chi connectivity index (χ1) is 16.7. The average molecular weight is 528 g/mol. The van der Waals surface area contributed by atoms with Crippen LogP contribution in [-0.2, 0) is 32.7 Å². The molecule has 0 unspecified atom stereocenters. The molecule has 1 heterocycles. The summed E-state index contributed by atoms with van der Waals surface area (Å²) in [5.41, 5.74) is 1.88. The number of nitrogens with one attached hydrogen (secondary N) is 1. The predicted molar refractivity (Wildman–Crippen MR) is 134 cm³/mol. The van der Waals surface area contributed by atoms with Gasteiger partial charge in [-0.2, -0.15) is 0 Å². The first-order valence-electron chi connectivity index (χ1n) is 10.5. The van der Waals surface area contributed by atoms with Gasteiger partial charge in [-0.05, 0) is 60.4 Å². The molecule has 4 rings (SSSR count). The molecule has 0 fully saturated rings. The normalized spacial score (nSPS) is 11.8. The summed E-state index contributed by atoms with van der Waals surface area (Å²) in [6.07, 6.45) is 0.806. The molecule has 0 saturated carbocycles. The van der Waals surface area contributed by atoms with E-state index in [4.69, 9.17) is 0 Å². The lowest BCUT2D eigenvalue weighted by atomic mass is 9.99. The number of hydrogen-bond donors (Lipinski definition) is 2. The number of hydrogen-bond acceptors (Lipinski definition) is 6. The van der Waals surface area contributed by atoms with E-state index in [9.17, 15) is 26.7 Å². The summed E-state index contributed by atoms with van der Waals surface area (Å²) in [5.74, 6) is -1.02. The first-order valence-corrected chi connectivity index (χ1v) is 14.3. The molecule has 3 aromatic carbocycles. The largest absolute Gasteiger partial charge is 0.478 e. The van der Waals surface area contributed by atoms with Crippen molar-refractivity contribution in [2.24, 2.45) is 0 Å². The van der Waals surface area contributed by atoms with Gasteiger partial charge in [0.25, 0.3) is 10.0 Å². The molecule has 4 aromatic rings. The summed E-state index contributed by atoms with van der Waals surface area (Å²) in [6.45, 7) is 0. The minimum absolute atomic E-state index is 0.0670. The molecule has 0 bridgehead atoms. The quantitative estimate of drug-likeness (QED) is 0.321. The van der Waals surface area contributed by atoms with Gasteiger partial charge in [0.05, 0.1) is 16.1 Å². The molecule has 0 saturated heterocycles. The highest BCUT2D eigenvalue weighted by atomic mass is 32.3. The number of carboxylic acid groups (broad SMARTS) is 1. The lowest BCUT2D eigenvalue weighted by Crippen LogP contribution is -2.13. The summed E-state index contributed by atoms with van der Waals surface area (Å²) in [7, 11) is -7.88. The Labute approximate surface area is 207 Å². The zero-order valence-corrected chi connectivity index (χ0v) is 20.7. The number of aryl methyl sites for hydroxylation is 2. The molecule has 0 radical (unpaired) electrons. The number of sulfonamides is 1. The number of para-hydroxylation sites is 1. The van der Waals surface area contributed by atoms with Gasteiger partial charge in [-0.1, -0.05) is 54.6 Å². The molecule has 7 nitrogen and oxygen atoms in total. The van der Waals surface area contributed by atoms with Gasteiger partial charge in [-0.25, -0.2) is 21.6 Å². The number of aromatic carboxylic acids is 1. The van der Waals surface area contributed by atoms with E-state index in [0.717, 1.165) is 0 Å². The topological polar surface area (TPSA) is 118 Å². The Bertz CT molecular complexity index is 1580. The van der Waals surface area contributed by atoms with Crippen molar-refractivity contribution in [3.63, 3.8) is 0 Å². The number of carbonyl (C=O) groups is 1. The van der Waals surface area contributed by atoms with Gasteiger partial charge in [0.15, 0.2) is 0 Å². The molecule has 1 aromatic heterocycles. The summed E-state index contributed by atoms with van der Waals surface area (Å²) in [5, 5.41) is 9.39. The van der Waals surface area contributed by atoms with E-state index in [1.54, 1.807) is 60.7 Å². The number of thiophene rings is 1. The molecule has 10 heteroatoms. The Kier molecular flexibility index (Phi) is 7.06. The van der Waals surface area contributed by atoms with Crippen LogP contribution in [0.15, 0.2) is 104 Å². The Hall–Kier alpha value is -3.47. The van der Waals surface area contributed by atoms with Gasteiger partial charge < -0.3 is 5.11 Å². The lowest BCUT2D eigenvalue weighted by molar-refractivity contribution is 0.0695. The van der Waals surface area contributed by atoms with Crippen molar-refractivity contribution in [2.75, 3.05) is 4.72 Å². The van der Waals surface area contributed by atoms with Gasteiger partial charge in [-0.15, -0.1) is 11.3 Å². The summed E-state index contributed by atoms with van der Waals surface area (Å²) in [4.78, 5) is 11.6. The standard InChI is InChI=1S/C25H21NO6S3/c27-25(28)21-12-6-4-8-18(21)14-15-19-9-5-7-13-22(19)26-35(31,32)24-17-16-23(33-24)34(29,30)20-10-2-1-3-11-20/h1-13,16-17,26H,14-15H2,(H,27,28). The minimum Gasteiger partial charge on any atom is -0.478 e. The van der Waals surface area contributed by atoms with Crippen molar-refractivity contribution in [3.8, 4) is 0 Å². The Balaban J connectivity index is 1.56. The fourth-order valence-corrected chi connectivity index (χ4v) is 7.85. The van der Waals surface area contributed by atoms with Gasteiger partial charge in [0, 0.05) is 0 Å². The van der Waals surface area contributed by atoms with E-state index in [-0.39, 0.29) is 18.9 Å². The second kappa shape index (κ2) is 10.0. The highest BCUT2D eigenvalue weighted by molar-refractivity contribution is 7.96. The van der Waals surface area contributed by atoms with E-state index in [0.29, 0.717) is 41.0 Å². The SMILES string of the molecule is O=C(O)c1ccccc1CCc1ccccc1NS(=O)(=O)c1ccc(S(=O)(=O)c2ccccc2)s1. The van der Waals surface area contributed by atoms with Crippen LogP contribution in [0.1, 0.15) is 21.5 Å². The molecule has 0 aliphatic heterocycles. The molecular formula is C25H21NO6S3. The van der Waals surface area contributed by atoms with Crippen LogP contribution >= 0.6 is 11.3 Å². The second-order valence-electron chi connectivity index (χ2n) is 7.61. The van der Waals surface area contributed by atoms with Crippen LogP contribution in [0.25, 0.3) is 0 Å². The molecule has 0 aliphatic carbocycles. The van der Waals surface area contributed by atoms with Crippen molar-refractivity contribution in [3.05, 3.63) is 108 Å². The van der Waals surface area contributed by atoms with Crippen LogP contribution in [0, 0.1) is 0 Å². The van der Waals surface area contributed by atoms with Gasteiger partial charge in [-0.3, -0.25) is 4.72 Å². The lowest BCUT2D eigenvalue weighted by Gasteiger charge is -2.12. The maximum Gasteiger partial charge on any atom is 0.335 e. The van der Waals surface area contributed by atoms with Crippen molar-refractivity contribution < 1.29 is 26.7 Å². The Morgan fingerprint density at radius 2 is 1.29 bits per heavy atom. The average Bonchev–Trinajstić information content (AvgIpc) is 3.37. The smallest absolute Gasteiger partial charge is 0.335 e. The molecule has 0 amide bonds. The third-order valence-corrected chi connectivity index (χ3v) is 10.5. The molecule has 0 atom stereocenters. The number of carboxylic acids is 1. The van der Waals surface area contributed by atoms with Crippen LogP contribution in [0.2, 0.25) is 0 Å². The van der Waals surface area contributed by atoms with E-state index in [1.165, 1.54) is 30.3 Å². The second-order valence-corrected chi connectivity index (χ2v) is 12.8. The molecule has 35 heavy (non-hydrogen) atoms. The van der Waals surface area contributed by atoms with E-state index in [1.807, 2.05) is 0 Å². The van der Waals surface area contributed by atoms with Gasteiger partial charge in [0.2, 0.25) is 9.84 Å². The molecule has 2 N–H and O–H groups in total. The number of rotatable bonds is 9. The van der Waals surface area contributed by atoms with Crippen LogP contribution in [-0.4, -0.2) is 27.9 Å². The van der Waals surface area contributed by atoms with Crippen LogP contribution in [0.5, 0.6) is 0 Å². The maximum atomic E-state index is 13.1. The number of benzene rings is 3. The highest BCUT2D eigenvalue weighted by Gasteiger charge is 2.25. The summed E-state index contributed by atoms with van der Waals surface area (Å²) >= 11 is 0.678. The van der Waals surface area contributed by atoms with E-state index < -0.39 is 25.8 Å². The van der Waals surface area contributed by atoms with Crippen molar-refractivity contribution in [2.45, 2.75) is 26.2 Å². The van der Waals surface area contributed by atoms with Crippen molar-refractivity contribution >= 4 is 42.9 Å². The van der Waals surface area contributed by atoms with E-state index in [2.05, 4.69) is 4.72 Å². The first kappa shape index (κ1) is 24.6. The van der Waals surface area contributed by atoms with Crippen LogP contribution in [0.3, 0.4) is 0 Å². The van der Waals surface area contributed by atoms with Crippen molar-refractivity contribution in [1.82, 2.24) is 0 Å². The number of sulfone groups is 1. The minimum atomic E-state index is -4.05. The Morgan fingerprint density at radius 3 is 2.00 bits per heavy atom. The van der Waals surface area contributed by atoms with Gasteiger partial charge in [0.1, 0.15) is 8.42 Å². The number of anilines is 1. The fourth-order valence-electron chi connectivity index (χ4n) is 3.56. The fraction of sp³-hybridized carbons (Fsp3) is 0.0800. The molecule has 0 aliphatic rings. The zero-order chi connectivity index (χ0) is 25.1. The van der Waals surface area contributed by atoms with Crippen molar-refractivity contribution in [1.29, 1.82) is 0 Å². The van der Waals surface area contributed by atoms with Crippen LogP contribution in [0.4, 0.5) is 5.69 Å².